The van der Waals surface area contributed by atoms with Crippen LogP contribution in [0.15, 0.2) is 48.5 Å². The molecule has 0 aliphatic rings. The van der Waals surface area contributed by atoms with Gasteiger partial charge in [0.1, 0.15) is 5.75 Å². The minimum absolute atomic E-state index is 0.553. The zero-order valence-electron chi connectivity index (χ0n) is 14.2. The number of ether oxygens (including phenoxy) is 1. The van der Waals surface area contributed by atoms with Gasteiger partial charge in [-0.15, -0.1) is 0 Å². The first-order chi connectivity index (χ1) is 11.0. The first-order valence-electron chi connectivity index (χ1n) is 7.74. The summed E-state index contributed by atoms with van der Waals surface area (Å²) in [4.78, 5) is 2.03. The lowest BCUT2D eigenvalue weighted by molar-refractivity contribution is 0.415. The molecule has 0 amide bonds. The largest absolute Gasteiger partial charge is 0.497 e. The van der Waals surface area contributed by atoms with Crippen LogP contribution in [-0.4, -0.2) is 24.2 Å². The number of hydrogen-bond acceptors (Lipinski definition) is 2. The van der Waals surface area contributed by atoms with Crippen molar-refractivity contribution in [2.75, 3.05) is 19.5 Å². The summed E-state index contributed by atoms with van der Waals surface area (Å²) >= 11 is 5.48. The lowest BCUT2D eigenvalue weighted by atomic mass is 10.0. The van der Waals surface area contributed by atoms with E-state index < -0.39 is 0 Å². The molecular weight excluding hydrogens is 304 g/mol. The van der Waals surface area contributed by atoms with Gasteiger partial charge >= 0.3 is 0 Å². The highest BCUT2D eigenvalue weighted by molar-refractivity contribution is 7.80. The molecule has 122 valence electrons. The number of rotatable bonds is 5. The van der Waals surface area contributed by atoms with E-state index in [1.165, 1.54) is 11.1 Å². The Balaban J connectivity index is 1.96. The van der Waals surface area contributed by atoms with E-state index in [2.05, 4.69) is 43.4 Å². The highest BCUT2D eigenvalue weighted by atomic mass is 32.1. The van der Waals surface area contributed by atoms with Gasteiger partial charge in [-0.05, 0) is 41.4 Å². The van der Waals surface area contributed by atoms with E-state index in [-0.39, 0.29) is 0 Å². The van der Waals surface area contributed by atoms with E-state index >= 15 is 0 Å². The van der Waals surface area contributed by atoms with Crippen LogP contribution in [0.25, 0.3) is 0 Å². The average molecular weight is 328 g/mol. The van der Waals surface area contributed by atoms with Crippen molar-refractivity contribution in [1.82, 2.24) is 4.90 Å². The second-order valence-electron chi connectivity index (χ2n) is 5.91. The summed E-state index contributed by atoms with van der Waals surface area (Å²) in [6, 6.07) is 16.5. The minimum Gasteiger partial charge on any atom is -0.497 e. The topological polar surface area (TPSA) is 24.5 Å². The van der Waals surface area contributed by atoms with Crippen molar-refractivity contribution in [1.29, 1.82) is 0 Å². The molecule has 0 saturated carbocycles. The molecule has 0 unspecified atom stereocenters. The van der Waals surface area contributed by atoms with Crippen LogP contribution in [0.5, 0.6) is 5.75 Å². The Labute approximate surface area is 144 Å². The van der Waals surface area contributed by atoms with Crippen molar-refractivity contribution in [2.24, 2.45) is 0 Å². The van der Waals surface area contributed by atoms with Crippen molar-refractivity contribution in [3.8, 4) is 5.75 Å². The second-order valence-corrected chi connectivity index (χ2v) is 6.30. The lowest BCUT2D eigenvalue weighted by Gasteiger charge is -2.21. The number of nitrogens with one attached hydrogen (secondary N) is 1. The molecule has 0 fully saturated rings. The van der Waals surface area contributed by atoms with Crippen LogP contribution in [0.2, 0.25) is 0 Å². The van der Waals surface area contributed by atoms with Gasteiger partial charge in [0, 0.05) is 25.3 Å². The summed E-state index contributed by atoms with van der Waals surface area (Å²) in [5.74, 6) is 1.36. The van der Waals surface area contributed by atoms with Gasteiger partial charge in [-0.3, -0.25) is 0 Å². The molecule has 4 heteroatoms. The molecule has 0 spiro atoms. The fourth-order valence-corrected chi connectivity index (χ4v) is 2.46. The summed E-state index contributed by atoms with van der Waals surface area (Å²) in [6.45, 7) is 5.18. The van der Waals surface area contributed by atoms with Crippen LogP contribution in [0.3, 0.4) is 0 Å². The third-order valence-electron chi connectivity index (χ3n) is 3.73. The van der Waals surface area contributed by atoms with Gasteiger partial charge in [0.05, 0.1) is 7.11 Å². The summed E-state index contributed by atoms with van der Waals surface area (Å²) < 4.78 is 5.23. The highest BCUT2D eigenvalue weighted by Gasteiger charge is 2.07. The second kappa shape index (κ2) is 7.97. The molecule has 2 aromatic carbocycles. The molecule has 2 aromatic rings. The molecule has 0 aliphatic heterocycles. The third-order valence-corrected chi connectivity index (χ3v) is 4.15. The van der Waals surface area contributed by atoms with Crippen molar-refractivity contribution in [3.05, 3.63) is 59.7 Å². The smallest absolute Gasteiger partial charge is 0.173 e. The van der Waals surface area contributed by atoms with E-state index in [0.29, 0.717) is 11.0 Å². The molecule has 2 rings (SSSR count). The van der Waals surface area contributed by atoms with Crippen molar-refractivity contribution in [3.63, 3.8) is 0 Å². The molecule has 0 bridgehead atoms. The Bertz CT molecular complexity index is 653. The maximum absolute atomic E-state index is 5.48. The Morgan fingerprint density at radius 3 is 2.48 bits per heavy atom. The van der Waals surface area contributed by atoms with Gasteiger partial charge < -0.3 is 15.0 Å². The molecule has 3 nitrogen and oxygen atoms in total. The van der Waals surface area contributed by atoms with Gasteiger partial charge in [-0.1, -0.05) is 44.2 Å². The highest BCUT2D eigenvalue weighted by Crippen LogP contribution is 2.18. The minimum atomic E-state index is 0.553. The van der Waals surface area contributed by atoms with Crippen LogP contribution in [0.1, 0.15) is 30.9 Å². The molecule has 0 radical (unpaired) electrons. The van der Waals surface area contributed by atoms with Crippen molar-refractivity contribution in [2.45, 2.75) is 26.3 Å². The Morgan fingerprint density at radius 2 is 1.87 bits per heavy atom. The number of thiocarbonyl (C=S) groups is 1. The summed E-state index contributed by atoms with van der Waals surface area (Å²) in [6.07, 6.45) is 0. The van der Waals surface area contributed by atoms with Gasteiger partial charge in [-0.2, -0.15) is 0 Å². The zero-order chi connectivity index (χ0) is 16.8. The monoisotopic (exact) mass is 328 g/mol. The quantitative estimate of drug-likeness (QED) is 0.808. The number of nitrogens with zero attached hydrogens (tertiary/aromatic N) is 1. The van der Waals surface area contributed by atoms with Crippen LogP contribution < -0.4 is 10.1 Å². The normalized spacial score (nSPS) is 10.5. The van der Waals surface area contributed by atoms with Crippen LogP contribution in [-0.2, 0) is 6.54 Å². The van der Waals surface area contributed by atoms with Gasteiger partial charge in [0.25, 0.3) is 0 Å². The van der Waals surface area contributed by atoms with Gasteiger partial charge in [0.2, 0.25) is 0 Å². The Morgan fingerprint density at radius 1 is 1.17 bits per heavy atom. The van der Waals surface area contributed by atoms with E-state index in [1.54, 1.807) is 7.11 Å². The average Bonchev–Trinajstić information content (AvgIpc) is 2.55. The van der Waals surface area contributed by atoms with E-state index in [1.807, 2.05) is 36.2 Å². The molecule has 0 aliphatic carbocycles. The standard InChI is InChI=1S/C19H24N2OS/c1-14(2)16-10-8-15(9-11-16)13-21(3)19(23)20-17-6-5-7-18(12-17)22-4/h5-12,14H,13H2,1-4H3,(H,20,23). The van der Waals surface area contributed by atoms with Crippen molar-refractivity contribution >= 4 is 23.0 Å². The zero-order valence-corrected chi connectivity index (χ0v) is 15.0. The van der Waals surface area contributed by atoms with E-state index in [9.17, 15) is 0 Å². The van der Waals surface area contributed by atoms with Crippen LogP contribution in [0, 0.1) is 0 Å². The Kier molecular flexibility index (Phi) is 5.99. The molecule has 0 atom stereocenters. The first kappa shape index (κ1) is 17.3. The maximum atomic E-state index is 5.48. The molecule has 0 saturated heterocycles. The molecule has 0 heterocycles. The lowest BCUT2D eigenvalue weighted by Crippen LogP contribution is -2.30. The summed E-state index contributed by atoms with van der Waals surface area (Å²) in [5.41, 5.74) is 3.52. The first-order valence-corrected chi connectivity index (χ1v) is 8.15. The number of benzene rings is 2. The predicted octanol–water partition coefficient (Wildman–Crippen LogP) is 4.65. The van der Waals surface area contributed by atoms with Crippen LogP contribution in [0.4, 0.5) is 5.69 Å². The maximum Gasteiger partial charge on any atom is 0.173 e. The fourth-order valence-electron chi connectivity index (χ4n) is 2.27. The van der Waals surface area contributed by atoms with E-state index in [4.69, 9.17) is 17.0 Å². The number of hydrogen-bond donors (Lipinski definition) is 1. The van der Waals surface area contributed by atoms with E-state index in [0.717, 1.165) is 18.0 Å². The van der Waals surface area contributed by atoms with Crippen LogP contribution >= 0.6 is 12.2 Å². The SMILES string of the molecule is COc1cccc(NC(=S)N(C)Cc2ccc(C(C)C)cc2)c1. The van der Waals surface area contributed by atoms with Gasteiger partial charge in [0.15, 0.2) is 5.11 Å². The van der Waals surface area contributed by atoms with Gasteiger partial charge in [-0.25, -0.2) is 0 Å². The third kappa shape index (κ3) is 4.96. The molecular formula is C19H24N2OS. The molecule has 1 N–H and O–H groups in total. The summed E-state index contributed by atoms with van der Waals surface area (Å²) in [5, 5.41) is 3.93. The Hall–Kier alpha value is -2.07. The predicted molar refractivity (Wildman–Crippen MR) is 101 cm³/mol. The molecule has 0 aromatic heterocycles. The number of methoxy groups -OCH3 is 1. The molecule has 23 heavy (non-hydrogen) atoms. The number of anilines is 1. The summed E-state index contributed by atoms with van der Waals surface area (Å²) in [7, 11) is 3.65. The fraction of sp³-hybridized carbons (Fsp3) is 0.316. The van der Waals surface area contributed by atoms with Crippen molar-refractivity contribution < 1.29 is 4.74 Å².